The first-order valence-electron chi connectivity index (χ1n) is 6.67. The first-order valence-corrected chi connectivity index (χ1v) is 7.49. The van der Waals surface area contributed by atoms with Crippen LogP contribution in [0.25, 0.3) is 0 Å². The van der Waals surface area contributed by atoms with E-state index in [2.05, 4.69) is 14.8 Å². The summed E-state index contributed by atoms with van der Waals surface area (Å²) in [6, 6.07) is 7.45. The van der Waals surface area contributed by atoms with Gasteiger partial charge in [0.25, 0.3) is 0 Å². The highest BCUT2D eigenvalue weighted by Crippen LogP contribution is 2.22. The monoisotopic (exact) mass is 290 g/mol. The number of rotatable bonds is 3. The molecular weight excluding hydrogens is 272 g/mol. The van der Waals surface area contributed by atoms with Crippen molar-refractivity contribution in [1.29, 1.82) is 0 Å². The maximum absolute atomic E-state index is 9.54. The fourth-order valence-corrected chi connectivity index (χ4v) is 3.20. The molecule has 0 atom stereocenters. The van der Waals surface area contributed by atoms with Crippen LogP contribution in [0.4, 0.5) is 10.8 Å². The molecule has 5 nitrogen and oxygen atoms in total. The lowest BCUT2D eigenvalue weighted by Crippen LogP contribution is -2.45. The standard InChI is InChI=1S/C14H18N4OS/c15-14-16-9-13(20-14)10-17-4-6-18(7-5-17)11-2-1-3-12(19)8-11/h1-3,8-9,19H,4-7,10H2,(H2,15,16). The van der Waals surface area contributed by atoms with Gasteiger partial charge in [0.15, 0.2) is 5.13 Å². The van der Waals surface area contributed by atoms with E-state index in [1.807, 2.05) is 24.4 Å². The Morgan fingerprint density at radius 2 is 2.05 bits per heavy atom. The number of nitrogen functional groups attached to an aromatic ring is 1. The van der Waals surface area contributed by atoms with Crippen LogP contribution in [0.3, 0.4) is 0 Å². The molecule has 2 heterocycles. The Hall–Kier alpha value is -1.79. The van der Waals surface area contributed by atoms with E-state index in [4.69, 9.17) is 5.73 Å². The molecule has 1 aliphatic rings. The molecule has 1 saturated heterocycles. The summed E-state index contributed by atoms with van der Waals surface area (Å²) in [5, 5.41) is 10.2. The van der Waals surface area contributed by atoms with Gasteiger partial charge in [0.2, 0.25) is 0 Å². The minimum absolute atomic E-state index is 0.324. The summed E-state index contributed by atoms with van der Waals surface area (Å²) in [4.78, 5) is 10.0. The average Bonchev–Trinajstić information content (AvgIpc) is 2.85. The number of aromatic hydroxyl groups is 1. The van der Waals surface area contributed by atoms with Crippen LogP contribution in [0.5, 0.6) is 5.75 Å². The Kier molecular flexibility index (Phi) is 3.75. The van der Waals surface area contributed by atoms with Gasteiger partial charge in [-0.3, -0.25) is 4.90 Å². The molecule has 2 aromatic rings. The van der Waals surface area contributed by atoms with Crippen molar-refractivity contribution in [2.45, 2.75) is 6.54 Å². The fraction of sp³-hybridized carbons (Fsp3) is 0.357. The van der Waals surface area contributed by atoms with Crippen LogP contribution in [0.1, 0.15) is 4.88 Å². The van der Waals surface area contributed by atoms with Crippen molar-refractivity contribution in [1.82, 2.24) is 9.88 Å². The minimum Gasteiger partial charge on any atom is -0.508 e. The molecule has 0 bridgehead atoms. The first-order chi connectivity index (χ1) is 9.70. The SMILES string of the molecule is Nc1ncc(CN2CCN(c3cccc(O)c3)CC2)s1. The van der Waals surface area contributed by atoms with E-state index in [9.17, 15) is 5.11 Å². The van der Waals surface area contributed by atoms with Gasteiger partial charge in [-0.25, -0.2) is 4.98 Å². The Balaban J connectivity index is 1.57. The van der Waals surface area contributed by atoms with E-state index in [0.717, 1.165) is 38.4 Å². The number of piperazine rings is 1. The molecule has 3 N–H and O–H groups in total. The van der Waals surface area contributed by atoms with Gasteiger partial charge >= 0.3 is 0 Å². The fourth-order valence-electron chi connectivity index (χ4n) is 2.47. The molecule has 1 fully saturated rings. The van der Waals surface area contributed by atoms with Crippen LogP contribution >= 0.6 is 11.3 Å². The number of anilines is 2. The Morgan fingerprint density at radius 1 is 1.25 bits per heavy atom. The van der Waals surface area contributed by atoms with Crippen molar-refractivity contribution in [2.24, 2.45) is 0 Å². The van der Waals surface area contributed by atoms with Crippen LogP contribution in [-0.4, -0.2) is 41.2 Å². The molecule has 1 aromatic heterocycles. The van der Waals surface area contributed by atoms with Crippen LogP contribution in [0, 0.1) is 0 Å². The molecule has 1 aliphatic heterocycles. The summed E-state index contributed by atoms with van der Waals surface area (Å²) in [5.74, 6) is 0.324. The predicted octanol–water partition coefficient (Wildman–Crippen LogP) is 1.75. The second-order valence-electron chi connectivity index (χ2n) is 4.95. The molecule has 0 amide bonds. The van der Waals surface area contributed by atoms with E-state index in [0.29, 0.717) is 10.9 Å². The molecule has 0 radical (unpaired) electrons. The van der Waals surface area contributed by atoms with Crippen molar-refractivity contribution in [2.75, 3.05) is 36.8 Å². The van der Waals surface area contributed by atoms with Crippen molar-refractivity contribution < 1.29 is 5.11 Å². The molecule has 0 aliphatic carbocycles. The van der Waals surface area contributed by atoms with Gasteiger partial charge in [-0.1, -0.05) is 6.07 Å². The van der Waals surface area contributed by atoms with Gasteiger partial charge in [-0.15, -0.1) is 11.3 Å². The quantitative estimate of drug-likeness (QED) is 0.901. The molecule has 106 valence electrons. The van der Waals surface area contributed by atoms with Crippen LogP contribution in [0.2, 0.25) is 0 Å². The van der Waals surface area contributed by atoms with Crippen molar-refractivity contribution in [3.63, 3.8) is 0 Å². The molecule has 0 unspecified atom stereocenters. The van der Waals surface area contributed by atoms with Gasteiger partial charge in [-0.05, 0) is 12.1 Å². The molecule has 0 saturated carbocycles. The van der Waals surface area contributed by atoms with Gasteiger partial charge in [0.05, 0.1) is 0 Å². The summed E-state index contributed by atoms with van der Waals surface area (Å²) in [6.45, 7) is 4.87. The predicted molar refractivity (Wildman–Crippen MR) is 82.1 cm³/mol. The van der Waals surface area contributed by atoms with Gasteiger partial charge in [-0.2, -0.15) is 0 Å². The lowest BCUT2D eigenvalue weighted by Gasteiger charge is -2.35. The smallest absolute Gasteiger partial charge is 0.180 e. The van der Waals surface area contributed by atoms with E-state index >= 15 is 0 Å². The largest absolute Gasteiger partial charge is 0.508 e. The molecule has 0 spiro atoms. The van der Waals surface area contributed by atoms with E-state index < -0.39 is 0 Å². The number of benzene rings is 1. The zero-order valence-corrected chi connectivity index (χ0v) is 12.0. The van der Waals surface area contributed by atoms with Gasteiger partial charge in [0.1, 0.15) is 5.75 Å². The summed E-state index contributed by atoms with van der Waals surface area (Å²) in [7, 11) is 0. The third-order valence-corrected chi connectivity index (χ3v) is 4.33. The van der Waals surface area contributed by atoms with Gasteiger partial charge < -0.3 is 15.7 Å². The highest BCUT2D eigenvalue weighted by molar-refractivity contribution is 7.15. The van der Waals surface area contributed by atoms with E-state index in [1.165, 1.54) is 4.88 Å². The molecule has 20 heavy (non-hydrogen) atoms. The van der Waals surface area contributed by atoms with Crippen LogP contribution < -0.4 is 10.6 Å². The summed E-state index contributed by atoms with van der Waals surface area (Å²) in [5.41, 5.74) is 6.74. The van der Waals surface area contributed by atoms with Crippen molar-refractivity contribution in [3.8, 4) is 5.75 Å². The molecule has 3 rings (SSSR count). The minimum atomic E-state index is 0.324. The summed E-state index contributed by atoms with van der Waals surface area (Å²) >= 11 is 1.56. The van der Waals surface area contributed by atoms with E-state index in [1.54, 1.807) is 17.4 Å². The van der Waals surface area contributed by atoms with Crippen LogP contribution in [0.15, 0.2) is 30.5 Å². The third-order valence-electron chi connectivity index (χ3n) is 3.52. The van der Waals surface area contributed by atoms with Crippen LogP contribution in [-0.2, 0) is 6.54 Å². The topological polar surface area (TPSA) is 65.6 Å². The average molecular weight is 290 g/mol. The zero-order valence-electron chi connectivity index (χ0n) is 11.2. The lowest BCUT2D eigenvalue weighted by molar-refractivity contribution is 0.252. The molecule has 1 aromatic carbocycles. The number of hydrogen-bond acceptors (Lipinski definition) is 6. The lowest BCUT2D eigenvalue weighted by atomic mass is 10.2. The second kappa shape index (κ2) is 5.68. The zero-order chi connectivity index (χ0) is 13.9. The first kappa shape index (κ1) is 13.2. The number of aromatic nitrogens is 1. The summed E-state index contributed by atoms with van der Waals surface area (Å²) in [6.07, 6.45) is 1.86. The Bertz CT molecular complexity index is 578. The highest BCUT2D eigenvalue weighted by Gasteiger charge is 2.18. The number of nitrogens with two attached hydrogens (primary N) is 1. The number of thiazole rings is 1. The number of phenolic OH excluding ortho intramolecular Hbond substituents is 1. The van der Waals surface area contributed by atoms with E-state index in [-0.39, 0.29) is 0 Å². The molecule has 6 heteroatoms. The highest BCUT2D eigenvalue weighted by atomic mass is 32.1. The van der Waals surface area contributed by atoms with Gasteiger partial charge in [0, 0.05) is 55.6 Å². The maximum Gasteiger partial charge on any atom is 0.180 e. The Morgan fingerprint density at radius 3 is 2.70 bits per heavy atom. The van der Waals surface area contributed by atoms with Crippen molar-refractivity contribution >= 4 is 22.2 Å². The normalized spacial score (nSPS) is 16.5. The Labute approximate surface area is 122 Å². The number of nitrogens with zero attached hydrogens (tertiary/aromatic N) is 3. The number of hydrogen-bond donors (Lipinski definition) is 2. The molecular formula is C14H18N4OS. The second-order valence-corrected chi connectivity index (χ2v) is 6.09. The third kappa shape index (κ3) is 3.02. The summed E-state index contributed by atoms with van der Waals surface area (Å²) < 4.78 is 0. The number of phenols is 1. The maximum atomic E-state index is 9.54. The van der Waals surface area contributed by atoms with Crippen molar-refractivity contribution in [3.05, 3.63) is 35.3 Å².